The molecule has 0 saturated heterocycles. The predicted octanol–water partition coefficient (Wildman–Crippen LogP) is 4.58. The molecule has 0 spiro atoms. The van der Waals surface area contributed by atoms with Crippen LogP contribution in [0.15, 0.2) is 18.2 Å². The second kappa shape index (κ2) is 8.80. The number of rotatable bonds is 8. The quantitative estimate of drug-likeness (QED) is 0.545. The van der Waals surface area contributed by atoms with Gasteiger partial charge in [-0.15, -0.1) is 0 Å². The summed E-state index contributed by atoms with van der Waals surface area (Å²) in [4.78, 5) is 0. The molecule has 3 N–H and O–H groups in total. The fraction of sp³-hybridized carbons (Fsp3) is 0.600. The van der Waals surface area contributed by atoms with Gasteiger partial charge in [0.1, 0.15) is 0 Å². The van der Waals surface area contributed by atoms with Crippen molar-refractivity contribution in [2.45, 2.75) is 52.0 Å². The van der Waals surface area contributed by atoms with Crippen molar-refractivity contribution in [3.63, 3.8) is 0 Å². The highest BCUT2D eigenvalue weighted by Crippen LogP contribution is 2.28. The Hall–Kier alpha value is -0.280. The van der Waals surface area contributed by atoms with E-state index in [-0.39, 0.29) is 6.04 Å². The van der Waals surface area contributed by atoms with Crippen LogP contribution in [0.2, 0.25) is 10.0 Å². The van der Waals surface area contributed by atoms with Crippen molar-refractivity contribution in [2.75, 3.05) is 0 Å². The van der Waals surface area contributed by atoms with Gasteiger partial charge in [0.05, 0.1) is 0 Å². The van der Waals surface area contributed by atoms with Crippen molar-refractivity contribution < 1.29 is 0 Å². The lowest BCUT2D eigenvalue weighted by Crippen LogP contribution is -2.42. The Balaban J connectivity index is 2.80. The number of hydrogen-bond donors (Lipinski definition) is 2. The molecule has 1 rings (SSSR count). The van der Waals surface area contributed by atoms with E-state index >= 15 is 0 Å². The monoisotopic (exact) mass is 302 g/mol. The van der Waals surface area contributed by atoms with Gasteiger partial charge in [-0.25, -0.2) is 0 Å². The minimum Gasteiger partial charge on any atom is -0.271 e. The van der Waals surface area contributed by atoms with Crippen molar-refractivity contribution in [1.82, 2.24) is 5.43 Å². The van der Waals surface area contributed by atoms with Gasteiger partial charge in [-0.05, 0) is 36.5 Å². The Morgan fingerprint density at radius 2 is 1.84 bits per heavy atom. The van der Waals surface area contributed by atoms with E-state index in [1.807, 2.05) is 18.2 Å². The number of benzene rings is 1. The first-order valence-electron chi connectivity index (χ1n) is 7.03. The van der Waals surface area contributed by atoms with Crippen LogP contribution in [-0.4, -0.2) is 6.04 Å². The molecule has 1 aromatic rings. The fourth-order valence-corrected chi connectivity index (χ4v) is 3.02. The number of hydrazine groups is 1. The van der Waals surface area contributed by atoms with Crippen LogP contribution in [0, 0.1) is 5.92 Å². The van der Waals surface area contributed by atoms with Gasteiger partial charge < -0.3 is 0 Å². The van der Waals surface area contributed by atoms with Crippen LogP contribution >= 0.6 is 23.2 Å². The summed E-state index contributed by atoms with van der Waals surface area (Å²) in [5, 5.41) is 1.44. The first kappa shape index (κ1) is 16.8. The average molecular weight is 303 g/mol. The minimum absolute atomic E-state index is 0.217. The first-order valence-corrected chi connectivity index (χ1v) is 7.78. The van der Waals surface area contributed by atoms with Crippen LogP contribution in [0.4, 0.5) is 0 Å². The molecule has 19 heavy (non-hydrogen) atoms. The van der Waals surface area contributed by atoms with Crippen LogP contribution in [0.5, 0.6) is 0 Å². The predicted molar refractivity (Wildman–Crippen MR) is 84.6 cm³/mol. The zero-order valence-electron chi connectivity index (χ0n) is 11.8. The molecule has 0 aliphatic heterocycles. The molecule has 0 saturated carbocycles. The zero-order chi connectivity index (χ0) is 14.3. The van der Waals surface area contributed by atoms with Crippen molar-refractivity contribution in [1.29, 1.82) is 0 Å². The summed E-state index contributed by atoms with van der Waals surface area (Å²) >= 11 is 12.5. The first-order chi connectivity index (χ1) is 9.13. The van der Waals surface area contributed by atoms with Gasteiger partial charge in [-0.2, -0.15) is 0 Å². The molecule has 0 bridgehead atoms. The number of halogens is 2. The maximum atomic E-state index is 6.23. The molecule has 0 aliphatic rings. The molecular formula is C15H24Cl2N2. The minimum atomic E-state index is 0.217. The lowest BCUT2D eigenvalue weighted by atomic mass is 9.88. The molecule has 4 heteroatoms. The average Bonchev–Trinajstić information content (AvgIpc) is 2.41. The summed E-state index contributed by atoms with van der Waals surface area (Å²) in [6, 6.07) is 5.84. The van der Waals surface area contributed by atoms with Crippen molar-refractivity contribution in [2.24, 2.45) is 11.8 Å². The highest BCUT2D eigenvalue weighted by Gasteiger charge is 2.21. The Labute approximate surface area is 126 Å². The fourth-order valence-electron chi connectivity index (χ4n) is 2.47. The summed E-state index contributed by atoms with van der Waals surface area (Å²) < 4.78 is 0. The van der Waals surface area contributed by atoms with Crippen LogP contribution in [0.3, 0.4) is 0 Å². The maximum absolute atomic E-state index is 6.23. The summed E-state index contributed by atoms with van der Waals surface area (Å²) in [6.45, 7) is 4.42. The summed E-state index contributed by atoms with van der Waals surface area (Å²) in [7, 11) is 0. The summed E-state index contributed by atoms with van der Waals surface area (Å²) in [5.74, 6) is 6.29. The largest absolute Gasteiger partial charge is 0.271 e. The van der Waals surface area contributed by atoms with E-state index < -0.39 is 0 Å². The molecule has 0 heterocycles. The molecule has 0 aromatic heterocycles. The SMILES string of the molecule is CCCCC(CC)C(Cc1c(Cl)cccc1Cl)NN. The molecule has 0 fully saturated rings. The van der Waals surface area contributed by atoms with Gasteiger partial charge in [0, 0.05) is 16.1 Å². The third-order valence-corrected chi connectivity index (χ3v) is 4.43. The van der Waals surface area contributed by atoms with Gasteiger partial charge in [-0.3, -0.25) is 11.3 Å². The zero-order valence-corrected chi connectivity index (χ0v) is 13.3. The lowest BCUT2D eigenvalue weighted by Gasteiger charge is -2.26. The van der Waals surface area contributed by atoms with Crippen LogP contribution in [0.25, 0.3) is 0 Å². The van der Waals surface area contributed by atoms with Gasteiger partial charge in [0.25, 0.3) is 0 Å². The molecule has 0 aliphatic carbocycles. The van der Waals surface area contributed by atoms with Gasteiger partial charge in [0.2, 0.25) is 0 Å². The third-order valence-electron chi connectivity index (χ3n) is 3.72. The highest BCUT2D eigenvalue weighted by molar-refractivity contribution is 6.36. The van der Waals surface area contributed by atoms with E-state index in [1.165, 1.54) is 19.3 Å². The Bertz CT molecular complexity index is 362. The number of hydrogen-bond acceptors (Lipinski definition) is 2. The van der Waals surface area contributed by atoms with Crippen molar-refractivity contribution in [3.05, 3.63) is 33.8 Å². The smallest absolute Gasteiger partial charge is 0.0453 e. The van der Waals surface area contributed by atoms with Gasteiger partial charge in [0.15, 0.2) is 0 Å². The molecule has 0 amide bonds. The number of nitrogens with two attached hydrogens (primary N) is 1. The summed E-state index contributed by atoms with van der Waals surface area (Å²) in [6.07, 6.45) is 5.51. The van der Waals surface area contributed by atoms with Crippen LogP contribution in [0.1, 0.15) is 45.1 Å². The maximum Gasteiger partial charge on any atom is 0.0453 e. The molecule has 0 radical (unpaired) electrons. The Morgan fingerprint density at radius 3 is 2.32 bits per heavy atom. The number of nitrogens with one attached hydrogen (secondary N) is 1. The molecule has 1 aromatic carbocycles. The second-order valence-corrected chi connectivity index (χ2v) is 5.80. The van der Waals surface area contributed by atoms with E-state index in [4.69, 9.17) is 29.0 Å². The molecule has 2 atom stereocenters. The van der Waals surface area contributed by atoms with Crippen LogP contribution < -0.4 is 11.3 Å². The van der Waals surface area contributed by atoms with Crippen molar-refractivity contribution >= 4 is 23.2 Å². The molecule has 2 nitrogen and oxygen atoms in total. The van der Waals surface area contributed by atoms with E-state index in [0.29, 0.717) is 5.92 Å². The van der Waals surface area contributed by atoms with E-state index in [1.54, 1.807) is 0 Å². The molecule has 2 unspecified atom stereocenters. The lowest BCUT2D eigenvalue weighted by molar-refractivity contribution is 0.318. The third kappa shape index (κ3) is 4.96. The van der Waals surface area contributed by atoms with Gasteiger partial charge >= 0.3 is 0 Å². The number of unbranched alkanes of at least 4 members (excludes halogenated alkanes) is 1. The van der Waals surface area contributed by atoms with Crippen molar-refractivity contribution in [3.8, 4) is 0 Å². The topological polar surface area (TPSA) is 38.0 Å². The Kier molecular flexibility index (Phi) is 7.77. The van der Waals surface area contributed by atoms with Gasteiger partial charge in [-0.1, -0.05) is 62.4 Å². The molecular weight excluding hydrogens is 279 g/mol. The van der Waals surface area contributed by atoms with E-state index in [0.717, 1.165) is 28.5 Å². The second-order valence-electron chi connectivity index (χ2n) is 4.99. The van der Waals surface area contributed by atoms with Crippen LogP contribution in [-0.2, 0) is 6.42 Å². The van der Waals surface area contributed by atoms with E-state index in [9.17, 15) is 0 Å². The normalized spacial score (nSPS) is 14.4. The highest BCUT2D eigenvalue weighted by atomic mass is 35.5. The Morgan fingerprint density at radius 1 is 1.21 bits per heavy atom. The standard InChI is InChI=1S/C15H24Cl2N2/c1-3-5-7-11(4-2)15(19-18)10-12-13(16)8-6-9-14(12)17/h6,8-9,11,15,19H,3-5,7,10,18H2,1-2H3. The molecule has 108 valence electrons. The van der Waals surface area contributed by atoms with E-state index in [2.05, 4.69) is 19.3 Å². The summed E-state index contributed by atoms with van der Waals surface area (Å²) in [5.41, 5.74) is 3.94.